The number of ketones is 2. The molecule has 0 atom stereocenters. The van der Waals surface area contributed by atoms with Gasteiger partial charge >= 0.3 is 0 Å². The Kier molecular flexibility index (Phi) is 4.45. The number of allylic oxidation sites excluding steroid dienone is 1. The van der Waals surface area contributed by atoms with Crippen molar-refractivity contribution in [2.24, 2.45) is 0 Å². The van der Waals surface area contributed by atoms with E-state index < -0.39 is 0 Å². The molecule has 1 aromatic carbocycles. The Morgan fingerprint density at radius 3 is 2.38 bits per heavy atom. The molecule has 0 saturated carbocycles. The normalized spacial score (nSPS) is 11.0. The van der Waals surface area contributed by atoms with Crippen molar-refractivity contribution in [2.75, 3.05) is 6.61 Å². The molecule has 0 unspecified atom stereocenters. The second-order valence-corrected chi connectivity index (χ2v) is 3.24. The lowest BCUT2D eigenvalue weighted by Crippen LogP contribution is -2.11. The van der Waals surface area contributed by atoms with Gasteiger partial charge in [-0.05, 0) is 13.8 Å². The Labute approximate surface area is 94.7 Å². The van der Waals surface area contributed by atoms with Crippen molar-refractivity contribution in [1.82, 2.24) is 0 Å². The molecule has 0 bridgehead atoms. The number of benzene rings is 1. The maximum atomic E-state index is 11.9. The zero-order chi connectivity index (χ0) is 12.0. The second-order valence-electron chi connectivity index (χ2n) is 3.24. The van der Waals surface area contributed by atoms with Crippen LogP contribution in [-0.2, 0) is 9.53 Å². The van der Waals surface area contributed by atoms with E-state index in [4.69, 9.17) is 4.74 Å². The van der Waals surface area contributed by atoms with Gasteiger partial charge in [-0.2, -0.15) is 0 Å². The molecule has 3 nitrogen and oxygen atoms in total. The molecule has 0 aliphatic carbocycles. The van der Waals surface area contributed by atoms with E-state index in [2.05, 4.69) is 0 Å². The summed E-state index contributed by atoms with van der Waals surface area (Å²) in [6, 6.07) is 8.67. The first-order chi connectivity index (χ1) is 7.66. The number of rotatable bonds is 5. The standard InChI is InChI=1S/C13H14O3/c1-3-16-9-12(10(2)14)13(15)11-7-5-4-6-8-11/h4-9H,3H2,1-2H3. The van der Waals surface area contributed by atoms with Gasteiger partial charge in [0.15, 0.2) is 11.6 Å². The molecule has 0 aromatic heterocycles. The van der Waals surface area contributed by atoms with E-state index in [1.807, 2.05) is 6.07 Å². The smallest absolute Gasteiger partial charge is 0.199 e. The fraction of sp³-hybridized carbons (Fsp3) is 0.231. The van der Waals surface area contributed by atoms with E-state index in [0.717, 1.165) is 0 Å². The van der Waals surface area contributed by atoms with Crippen molar-refractivity contribution in [3.05, 3.63) is 47.7 Å². The molecule has 1 aromatic rings. The minimum absolute atomic E-state index is 0.0769. The molecule has 0 radical (unpaired) electrons. The van der Waals surface area contributed by atoms with Gasteiger partial charge in [-0.1, -0.05) is 30.3 Å². The van der Waals surface area contributed by atoms with Crippen LogP contribution in [0.25, 0.3) is 0 Å². The Morgan fingerprint density at radius 1 is 1.25 bits per heavy atom. The fourth-order valence-corrected chi connectivity index (χ4v) is 1.21. The molecule has 16 heavy (non-hydrogen) atoms. The van der Waals surface area contributed by atoms with E-state index >= 15 is 0 Å². The first kappa shape index (κ1) is 12.2. The fourth-order valence-electron chi connectivity index (χ4n) is 1.21. The van der Waals surface area contributed by atoms with Gasteiger partial charge in [-0.15, -0.1) is 0 Å². The lowest BCUT2D eigenvalue weighted by Gasteiger charge is -2.03. The molecule has 0 fully saturated rings. The van der Waals surface area contributed by atoms with Crippen molar-refractivity contribution >= 4 is 11.6 Å². The summed E-state index contributed by atoms with van der Waals surface area (Å²) in [5, 5.41) is 0. The summed E-state index contributed by atoms with van der Waals surface area (Å²) >= 11 is 0. The van der Waals surface area contributed by atoms with Crippen LogP contribution in [0.5, 0.6) is 0 Å². The van der Waals surface area contributed by atoms with Crippen LogP contribution in [0.4, 0.5) is 0 Å². The maximum Gasteiger partial charge on any atom is 0.199 e. The summed E-state index contributed by atoms with van der Waals surface area (Å²) in [4.78, 5) is 23.2. The van der Waals surface area contributed by atoms with Crippen LogP contribution < -0.4 is 0 Å². The molecule has 0 saturated heterocycles. The molecule has 84 valence electrons. The quantitative estimate of drug-likeness (QED) is 0.250. The molecule has 0 amide bonds. The number of ether oxygens (including phenoxy) is 1. The highest BCUT2D eigenvalue weighted by Gasteiger charge is 2.16. The summed E-state index contributed by atoms with van der Waals surface area (Å²) in [6.45, 7) is 3.58. The minimum atomic E-state index is -0.304. The Hall–Kier alpha value is -1.90. The van der Waals surface area contributed by atoms with Gasteiger partial charge in [-0.25, -0.2) is 0 Å². The van der Waals surface area contributed by atoms with Gasteiger partial charge in [0.1, 0.15) is 0 Å². The number of Topliss-reactive ketones (excluding diaryl/α,β-unsaturated/α-hetero) is 2. The summed E-state index contributed by atoms with van der Waals surface area (Å²) in [6.07, 6.45) is 1.23. The molecule has 0 spiro atoms. The van der Waals surface area contributed by atoms with Gasteiger partial charge in [0.25, 0.3) is 0 Å². The van der Waals surface area contributed by atoms with Crippen LogP contribution >= 0.6 is 0 Å². The van der Waals surface area contributed by atoms with Crippen LogP contribution in [0.15, 0.2) is 42.2 Å². The zero-order valence-corrected chi connectivity index (χ0v) is 9.40. The van der Waals surface area contributed by atoms with Gasteiger partial charge in [0, 0.05) is 5.56 Å². The van der Waals surface area contributed by atoms with Crippen LogP contribution in [0.3, 0.4) is 0 Å². The van der Waals surface area contributed by atoms with Crippen LogP contribution in [-0.4, -0.2) is 18.2 Å². The van der Waals surface area contributed by atoms with Gasteiger partial charge < -0.3 is 4.74 Å². The van der Waals surface area contributed by atoms with Crippen LogP contribution in [0, 0.1) is 0 Å². The van der Waals surface area contributed by atoms with Gasteiger partial charge in [0.2, 0.25) is 0 Å². The van der Waals surface area contributed by atoms with E-state index in [0.29, 0.717) is 12.2 Å². The third-order valence-corrected chi connectivity index (χ3v) is 2.03. The maximum absolute atomic E-state index is 11.9. The SMILES string of the molecule is CCOC=C(C(C)=O)C(=O)c1ccccc1. The highest BCUT2D eigenvalue weighted by Crippen LogP contribution is 2.09. The van der Waals surface area contributed by atoms with Crippen molar-refractivity contribution < 1.29 is 14.3 Å². The molecule has 1 rings (SSSR count). The molecule has 0 aliphatic heterocycles. The summed E-state index contributed by atoms with van der Waals surface area (Å²) in [5.74, 6) is -0.594. The minimum Gasteiger partial charge on any atom is -0.501 e. The summed E-state index contributed by atoms with van der Waals surface area (Å²) in [7, 11) is 0. The molecule has 0 heterocycles. The third-order valence-electron chi connectivity index (χ3n) is 2.03. The Morgan fingerprint density at radius 2 is 1.88 bits per heavy atom. The molecule has 0 aliphatic rings. The largest absolute Gasteiger partial charge is 0.501 e. The monoisotopic (exact) mass is 218 g/mol. The predicted molar refractivity (Wildman–Crippen MR) is 61.2 cm³/mol. The van der Waals surface area contributed by atoms with Crippen molar-refractivity contribution in [2.45, 2.75) is 13.8 Å². The molecular formula is C13H14O3. The topological polar surface area (TPSA) is 43.4 Å². The van der Waals surface area contributed by atoms with Crippen molar-refractivity contribution in [3.8, 4) is 0 Å². The van der Waals surface area contributed by atoms with Crippen LogP contribution in [0.2, 0.25) is 0 Å². The number of hydrogen-bond donors (Lipinski definition) is 0. The van der Waals surface area contributed by atoms with E-state index in [-0.39, 0.29) is 17.1 Å². The van der Waals surface area contributed by atoms with Crippen LogP contribution in [0.1, 0.15) is 24.2 Å². The average molecular weight is 218 g/mol. The number of carbonyl (C=O) groups excluding carboxylic acids is 2. The lowest BCUT2D eigenvalue weighted by molar-refractivity contribution is -0.113. The van der Waals surface area contributed by atoms with Crippen molar-refractivity contribution in [1.29, 1.82) is 0 Å². The lowest BCUT2D eigenvalue weighted by atomic mass is 10.0. The first-order valence-electron chi connectivity index (χ1n) is 5.09. The Balaban J connectivity index is 2.97. The van der Waals surface area contributed by atoms with Crippen molar-refractivity contribution in [3.63, 3.8) is 0 Å². The first-order valence-corrected chi connectivity index (χ1v) is 5.09. The highest BCUT2D eigenvalue weighted by molar-refractivity contribution is 6.25. The van der Waals surface area contributed by atoms with E-state index in [1.54, 1.807) is 31.2 Å². The number of hydrogen-bond acceptors (Lipinski definition) is 3. The molecule has 3 heteroatoms. The van der Waals surface area contributed by atoms with E-state index in [1.165, 1.54) is 13.2 Å². The third kappa shape index (κ3) is 3.05. The number of carbonyl (C=O) groups is 2. The van der Waals surface area contributed by atoms with Gasteiger partial charge in [0.05, 0.1) is 18.4 Å². The van der Waals surface area contributed by atoms with Gasteiger partial charge in [-0.3, -0.25) is 9.59 Å². The zero-order valence-electron chi connectivity index (χ0n) is 9.40. The predicted octanol–water partition coefficient (Wildman–Crippen LogP) is 2.38. The summed E-state index contributed by atoms with van der Waals surface area (Å²) in [5.41, 5.74) is 0.566. The second kappa shape index (κ2) is 5.85. The summed E-state index contributed by atoms with van der Waals surface area (Å²) < 4.78 is 5.00. The Bertz CT molecular complexity index is 404. The van der Waals surface area contributed by atoms with E-state index in [9.17, 15) is 9.59 Å². The molecule has 0 N–H and O–H groups in total. The highest BCUT2D eigenvalue weighted by atomic mass is 16.5. The molecular weight excluding hydrogens is 204 g/mol. The average Bonchev–Trinajstić information content (AvgIpc) is 2.30.